The van der Waals surface area contributed by atoms with Crippen molar-refractivity contribution in [3.8, 4) is 0 Å². The molecular weight excluding hydrogens is 657 g/mol. The molecule has 0 unspecified atom stereocenters. The summed E-state index contributed by atoms with van der Waals surface area (Å²) in [5.41, 5.74) is 0.530. The number of hydrogen-bond acceptors (Lipinski definition) is 4. The number of fused-ring (bicyclic) bond motifs is 1. The maximum Gasteiger partial charge on any atom is 0.266 e. The Morgan fingerprint density at radius 1 is 1.07 bits per heavy atom. The highest BCUT2D eigenvalue weighted by molar-refractivity contribution is 6.36. The van der Waals surface area contributed by atoms with Gasteiger partial charge >= 0.3 is 0 Å². The van der Waals surface area contributed by atoms with Crippen LogP contribution in [0, 0.1) is 5.82 Å². The molecule has 5 rings (SSSR count). The number of imidazole rings is 1. The van der Waals surface area contributed by atoms with E-state index in [0.717, 1.165) is 19.9 Å². The van der Waals surface area contributed by atoms with Crippen molar-refractivity contribution < 1.29 is 27.2 Å². The quantitative estimate of drug-likeness (QED) is 0.186. The molecule has 0 bridgehead atoms. The van der Waals surface area contributed by atoms with Crippen LogP contribution in [0.1, 0.15) is 47.6 Å². The lowest BCUT2D eigenvalue weighted by Gasteiger charge is -2.22. The van der Waals surface area contributed by atoms with E-state index < -0.39 is 35.8 Å². The van der Waals surface area contributed by atoms with E-state index in [2.05, 4.69) is 10.6 Å². The lowest BCUT2D eigenvalue weighted by Crippen LogP contribution is -2.38. The highest BCUT2D eigenvalue weighted by Crippen LogP contribution is 2.37. The lowest BCUT2D eigenvalue weighted by atomic mass is 10.1. The Labute approximate surface area is 271 Å². The number of nitrogens with one attached hydrogen (secondary N) is 2. The topological polar surface area (TPSA) is 79.3 Å². The predicted molar refractivity (Wildman–Crippen MR) is 168 cm³/mol. The van der Waals surface area contributed by atoms with E-state index in [1.807, 2.05) is 0 Å². The summed E-state index contributed by atoms with van der Waals surface area (Å²) in [7, 11) is 1.74. The summed E-state index contributed by atoms with van der Waals surface area (Å²) >= 11 is 19.1. The Kier molecular flexibility index (Phi) is 9.00. The second-order valence-electron chi connectivity index (χ2n) is 11.4. The lowest BCUT2D eigenvalue weighted by molar-refractivity contribution is -0.130. The molecule has 3 aromatic carbocycles. The second-order valence-corrected chi connectivity index (χ2v) is 12.6. The molecule has 238 valence electrons. The average molecular weight is 685 g/mol. The van der Waals surface area contributed by atoms with Crippen molar-refractivity contribution in [1.29, 1.82) is 0 Å². The largest absolute Gasteiger partial charge is 0.365 e. The van der Waals surface area contributed by atoms with Crippen LogP contribution in [0.3, 0.4) is 0 Å². The first-order valence-electron chi connectivity index (χ1n) is 13.9. The van der Waals surface area contributed by atoms with Crippen LogP contribution in [-0.4, -0.2) is 46.0 Å². The summed E-state index contributed by atoms with van der Waals surface area (Å²) in [5, 5.41) is 5.60. The number of hydrogen-bond donors (Lipinski definition) is 2. The molecule has 2 heterocycles. The normalized spacial score (nSPS) is 14.7. The molecule has 0 radical (unpaired) electrons. The Balaban J connectivity index is 1.51. The monoisotopic (exact) mass is 683 g/mol. The van der Waals surface area contributed by atoms with Crippen LogP contribution in [-0.2, 0) is 24.8 Å². The van der Waals surface area contributed by atoms with E-state index in [1.165, 1.54) is 23.1 Å². The number of nitrogens with zero attached hydrogens (tertiary/aromatic N) is 3. The number of aromatic nitrogens is 2. The van der Waals surface area contributed by atoms with Crippen molar-refractivity contribution in [2.45, 2.75) is 44.8 Å². The van der Waals surface area contributed by atoms with Gasteiger partial charge in [-0.3, -0.25) is 9.59 Å². The van der Waals surface area contributed by atoms with E-state index in [4.69, 9.17) is 39.8 Å². The Hall–Kier alpha value is -3.54. The van der Waals surface area contributed by atoms with Crippen molar-refractivity contribution in [3.63, 3.8) is 0 Å². The third-order valence-electron chi connectivity index (χ3n) is 7.60. The zero-order valence-corrected chi connectivity index (χ0v) is 26.6. The molecule has 1 fully saturated rings. The molecule has 0 atom stereocenters. The molecule has 0 aliphatic carbocycles. The van der Waals surface area contributed by atoms with Gasteiger partial charge in [0.1, 0.15) is 11.6 Å². The second kappa shape index (κ2) is 12.3. The minimum Gasteiger partial charge on any atom is -0.365 e. The summed E-state index contributed by atoms with van der Waals surface area (Å²) in [6, 6.07) is 10.1. The number of carbonyl (C=O) groups excluding carboxylic acids is 2. The van der Waals surface area contributed by atoms with Gasteiger partial charge in [-0.1, -0.05) is 40.9 Å². The van der Waals surface area contributed by atoms with Crippen molar-refractivity contribution >= 4 is 69.0 Å². The SMILES string of the molecule is Cn1c(Cc2c(Cl)ccc(CNC(=O)C(C)(C)F)c2Cl)nc2cc(C(=O)Nc3ccc(F)c(Cl)c3)c(N3CCC(F)(F)C3)cc21. The van der Waals surface area contributed by atoms with Crippen molar-refractivity contribution in [2.24, 2.45) is 7.05 Å². The van der Waals surface area contributed by atoms with Gasteiger partial charge in [0.2, 0.25) is 0 Å². The molecule has 45 heavy (non-hydrogen) atoms. The number of halogens is 7. The summed E-state index contributed by atoms with van der Waals surface area (Å²) < 4.78 is 58.0. The van der Waals surface area contributed by atoms with Crippen LogP contribution in [0.15, 0.2) is 42.5 Å². The highest BCUT2D eigenvalue weighted by atomic mass is 35.5. The van der Waals surface area contributed by atoms with Gasteiger partial charge in [-0.2, -0.15) is 0 Å². The summed E-state index contributed by atoms with van der Waals surface area (Å²) in [6.07, 6.45) is -0.223. The predicted octanol–water partition coefficient (Wildman–Crippen LogP) is 7.73. The molecule has 2 amide bonds. The standard InChI is InChI=1S/C31H28Cl3F4N5O2/c1-30(2,36)29(45)39-14-16-4-6-20(32)18(27(16)34)12-26-41-23-11-19(28(44)40-17-5-7-22(35)21(33)10-17)24(13-25(23)42(26)3)43-9-8-31(37,38)15-43/h4-7,10-11,13H,8-9,12,14-15H2,1-3H3,(H,39,45)(H,40,44). The van der Waals surface area contributed by atoms with Crippen LogP contribution in [0.25, 0.3) is 11.0 Å². The first-order chi connectivity index (χ1) is 21.0. The average Bonchev–Trinajstić information content (AvgIpc) is 3.48. The minimum atomic E-state index is -2.93. The van der Waals surface area contributed by atoms with Gasteiger partial charge in [0, 0.05) is 43.7 Å². The van der Waals surface area contributed by atoms with Crippen LogP contribution in [0.4, 0.5) is 28.9 Å². The van der Waals surface area contributed by atoms with Gasteiger partial charge in [-0.15, -0.1) is 0 Å². The number of benzene rings is 3. The zero-order chi connectivity index (χ0) is 32.8. The molecule has 2 N–H and O–H groups in total. The first-order valence-corrected chi connectivity index (χ1v) is 15.0. The van der Waals surface area contributed by atoms with E-state index in [1.54, 1.807) is 29.8 Å². The molecule has 0 spiro atoms. The third kappa shape index (κ3) is 7.00. The molecular formula is C31H28Cl3F4N5O2. The summed E-state index contributed by atoms with van der Waals surface area (Å²) in [6.45, 7) is 1.73. The smallest absolute Gasteiger partial charge is 0.266 e. The van der Waals surface area contributed by atoms with Gasteiger partial charge in [-0.05, 0) is 61.4 Å². The number of carbonyl (C=O) groups is 2. The molecule has 1 aromatic heterocycles. The van der Waals surface area contributed by atoms with Gasteiger partial charge in [0.15, 0.2) is 5.67 Å². The summed E-state index contributed by atoms with van der Waals surface area (Å²) in [4.78, 5) is 31.7. The molecule has 0 saturated carbocycles. The van der Waals surface area contributed by atoms with Crippen molar-refractivity contribution in [1.82, 2.24) is 14.9 Å². The fourth-order valence-electron chi connectivity index (χ4n) is 5.08. The summed E-state index contributed by atoms with van der Waals surface area (Å²) in [5.74, 6) is -4.49. The number of alkyl halides is 3. The maximum atomic E-state index is 14.3. The van der Waals surface area contributed by atoms with E-state index in [-0.39, 0.29) is 52.9 Å². The van der Waals surface area contributed by atoms with Gasteiger partial charge in [-0.25, -0.2) is 22.5 Å². The molecule has 14 heteroatoms. The molecule has 1 aliphatic rings. The van der Waals surface area contributed by atoms with Gasteiger partial charge in [0.25, 0.3) is 17.7 Å². The highest BCUT2D eigenvalue weighted by Gasteiger charge is 2.39. The van der Waals surface area contributed by atoms with E-state index in [9.17, 15) is 27.2 Å². The maximum absolute atomic E-state index is 14.3. The number of rotatable bonds is 8. The van der Waals surface area contributed by atoms with Gasteiger partial charge < -0.3 is 20.1 Å². The first kappa shape index (κ1) is 32.8. The fraction of sp³-hybridized carbons (Fsp3) is 0.323. The van der Waals surface area contributed by atoms with Crippen LogP contribution < -0.4 is 15.5 Å². The Morgan fingerprint density at radius 2 is 1.80 bits per heavy atom. The van der Waals surface area contributed by atoms with Crippen molar-refractivity contribution in [2.75, 3.05) is 23.3 Å². The number of aryl methyl sites for hydroxylation is 1. The minimum absolute atomic E-state index is 0.0278. The van der Waals surface area contributed by atoms with Crippen molar-refractivity contribution in [3.05, 3.63) is 85.9 Å². The zero-order valence-electron chi connectivity index (χ0n) is 24.4. The fourth-order valence-corrected chi connectivity index (χ4v) is 5.83. The molecule has 7 nitrogen and oxygen atoms in total. The number of amides is 2. The Morgan fingerprint density at radius 3 is 2.44 bits per heavy atom. The third-order valence-corrected chi connectivity index (χ3v) is 8.72. The van der Waals surface area contributed by atoms with E-state index >= 15 is 0 Å². The van der Waals surface area contributed by atoms with Gasteiger partial charge in [0.05, 0.1) is 38.9 Å². The van der Waals surface area contributed by atoms with Crippen LogP contribution in [0.2, 0.25) is 15.1 Å². The van der Waals surface area contributed by atoms with Crippen LogP contribution in [0.5, 0.6) is 0 Å². The van der Waals surface area contributed by atoms with E-state index in [0.29, 0.717) is 33.0 Å². The molecule has 4 aromatic rings. The van der Waals surface area contributed by atoms with Crippen LogP contribution >= 0.6 is 34.8 Å². The number of anilines is 2. The molecule has 1 aliphatic heterocycles. The molecule has 1 saturated heterocycles. The Bertz CT molecular complexity index is 1820.